The second kappa shape index (κ2) is 6.01. The molecule has 0 aromatic heterocycles. The molecule has 1 saturated heterocycles. The lowest BCUT2D eigenvalue weighted by Crippen LogP contribution is -2.41. The number of nitrogens with zero attached hydrogens (tertiary/aromatic N) is 2. The molecule has 0 unspecified atom stereocenters. The topological polar surface area (TPSA) is 83.9 Å². The second-order valence-corrected chi connectivity index (χ2v) is 8.04. The Morgan fingerprint density at radius 1 is 0.700 bits per heavy atom. The number of amides is 2. The van der Waals surface area contributed by atoms with Crippen molar-refractivity contribution < 1.29 is 14.8 Å². The van der Waals surface area contributed by atoms with Crippen LogP contribution >= 0.6 is 0 Å². The molecule has 1 fully saturated rings. The Morgan fingerprint density at radius 3 is 1.53 bits per heavy atom. The summed E-state index contributed by atoms with van der Waals surface area (Å²) >= 11 is 0. The lowest BCUT2D eigenvalue weighted by atomic mass is 9.55. The van der Waals surface area contributed by atoms with Crippen LogP contribution in [0.1, 0.15) is 34.1 Å². The third-order valence-electron chi connectivity index (χ3n) is 6.78. The van der Waals surface area contributed by atoms with E-state index in [0.29, 0.717) is 0 Å². The summed E-state index contributed by atoms with van der Waals surface area (Å²) in [5.41, 5.74) is 4.35. The predicted molar refractivity (Wildman–Crippen MR) is 110 cm³/mol. The molecule has 1 aliphatic heterocycles. The van der Waals surface area contributed by atoms with E-state index in [1.54, 1.807) is 12.1 Å². The number of benzene rings is 3. The number of carbonyl (C=O) groups excluding carboxylic acids is 2. The molecule has 1 heterocycles. The molecule has 2 amide bonds. The van der Waals surface area contributed by atoms with Gasteiger partial charge in [0.15, 0.2) is 0 Å². The Labute approximate surface area is 172 Å². The van der Waals surface area contributed by atoms with Gasteiger partial charge in [0.25, 0.3) is 0 Å². The fraction of sp³-hybridized carbons (Fsp3) is 0.167. The largest absolute Gasteiger partial charge is 0.733 e. The summed E-state index contributed by atoms with van der Waals surface area (Å²) in [5.74, 6) is -2.12. The summed E-state index contributed by atoms with van der Waals surface area (Å²) in [6.45, 7) is 0. The van der Waals surface area contributed by atoms with Gasteiger partial charge in [0.1, 0.15) is 0 Å². The molecule has 3 aliphatic carbocycles. The molecular formula is C24H17N2O4-. The maximum absolute atomic E-state index is 13.6. The van der Waals surface area contributed by atoms with E-state index in [9.17, 15) is 20.0 Å². The highest BCUT2D eigenvalue weighted by Crippen LogP contribution is 2.61. The van der Waals surface area contributed by atoms with E-state index in [0.717, 1.165) is 27.2 Å². The lowest BCUT2D eigenvalue weighted by molar-refractivity contribution is -0.122. The molecule has 2 bridgehead atoms. The van der Waals surface area contributed by atoms with Gasteiger partial charge in [-0.3, -0.25) is 14.8 Å². The van der Waals surface area contributed by atoms with Crippen molar-refractivity contribution in [2.45, 2.75) is 11.8 Å². The number of carbonyl (C=O) groups is 2. The summed E-state index contributed by atoms with van der Waals surface area (Å²) in [5, 5.41) is 20.9. The molecule has 1 N–H and O–H groups in total. The first-order valence-corrected chi connectivity index (χ1v) is 9.90. The van der Waals surface area contributed by atoms with E-state index in [1.165, 1.54) is 12.1 Å². The van der Waals surface area contributed by atoms with E-state index in [-0.39, 0.29) is 40.3 Å². The van der Waals surface area contributed by atoms with Crippen LogP contribution in [-0.4, -0.2) is 17.0 Å². The van der Waals surface area contributed by atoms with Crippen molar-refractivity contribution in [1.29, 1.82) is 0 Å². The fourth-order valence-electron chi connectivity index (χ4n) is 5.73. The maximum atomic E-state index is 13.6. The first-order valence-electron chi connectivity index (χ1n) is 9.90. The highest BCUT2D eigenvalue weighted by atomic mass is 16.8. The van der Waals surface area contributed by atoms with Crippen molar-refractivity contribution in [3.8, 4) is 0 Å². The van der Waals surface area contributed by atoms with Crippen LogP contribution in [0.15, 0.2) is 72.8 Å². The SMILES string of the molecule is O=C1[C@H]2C3c4ccccc4C(c4ccccc43)[C@@H]2C(=O)N1c1ccccc1N([O-])O. The van der Waals surface area contributed by atoms with Crippen LogP contribution in [0.5, 0.6) is 0 Å². The van der Waals surface area contributed by atoms with Crippen molar-refractivity contribution in [3.05, 3.63) is 100 Å². The summed E-state index contributed by atoms with van der Waals surface area (Å²) < 4.78 is 0. The van der Waals surface area contributed by atoms with Gasteiger partial charge in [-0.05, 0) is 34.4 Å². The van der Waals surface area contributed by atoms with Crippen molar-refractivity contribution in [2.75, 3.05) is 10.1 Å². The lowest BCUT2D eigenvalue weighted by Gasteiger charge is -2.45. The molecule has 0 spiro atoms. The van der Waals surface area contributed by atoms with Crippen molar-refractivity contribution in [2.24, 2.45) is 11.8 Å². The average Bonchev–Trinajstić information content (AvgIpc) is 3.04. The molecule has 6 nitrogen and oxygen atoms in total. The Morgan fingerprint density at radius 2 is 1.10 bits per heavy atom. The van der Waals surface area contributed by atoms with E-state index >= 15 is 0 Å². The van der Waals surface area contributed by atoms with Gasteiger partial charge in [-0.15, -0.1) is 0 Å². The summed E-state index contributed by atoms with van der Waals surface area (Å²) in [6, 6.07) is 22.2. The van der Waals surface area contributed by atoms with Crippen molar-refractivity contribution in [3.63, 3.8) is 0 Å². The number of hydrogen-bond donors (Lipinski definition) is 1. The van der Waals surface area contributed by atoms with Crippen LogP contribution in [0.4, 0.5) is 11.4 Å². The van der Waals surface area contributed by atoms with E-state index in [4.69, 9.17) is 0 Å². The number of imide groups is 1. The van der Waals surface area contributed by atoms with Gasteiger partial charge in [-0.25, -0.2) is 4.90 Å². The van der Waals surface area contributed by atoms with Gasteiger partial charge >= 0.3 is 0 Å². The molecule has 2 atom stereocenters. The Bertz CT molecular complexity index is 1110. The highest BCUT2D eigenvalue weighted by Gasteiger charge is 2.61. The van der Waals surface area contributed by atoms with Crippen LogP contribution in [-0.2, 0) is 9.59 Å². The van der Waals surface area contributed by atoms with Gasteiger partial charge in [0.2, 0.25) is 11.8 Å². The van der Waals surface area contributed by atoms with Gasteiger partial charge in [0, 0.05) is 11.8 Å². The van der Waals surface area contributed by atoms with Crippen molar-refractivity contribution in [1.82, 2.24) is 0 Å². The third-order valence-corrected chi connectivity index (χ3v) is 6.78. The first-order chi connectivity index (χ1) is 14.6. The zero-order valence-corrected chi connectivity index (χ0v) is 15.8. The molecule has 6 heteroatoms. The molecule has 30 heavy (non-hydrogen) atoms. The second-order valence-electron chi connectivity index (χ2n) is 8.04. The van der Waals surface area contributed by atoms with Crippen LogP contribution < -0.4 is 10.1 Å². The minimum Gasteiger partial charge on any atom is -0.733 e. The Hall–Kier alpha value is -3.48. The molecule has 3 aromatic carbocycles. The monoisotopic (exact) mass is 397 g/mol. The minimum absolute atomic E-state index is 0.118. The number of para-hydroxylation sites is 2. The minimum atomic E-state index is -0.529. The van der Waals surface area contributed by atoms with Crippen LogP contribution in [0.2, 0.25) is 0 Å². The standard InChI is InChI=1S/C24H17N2O4/c27-23-21-19-13-7-1-2-8-14(13)20(16-10-4-3-9-15(16)19)22(21)24(28)25(23)17-11-5-6-12-18(17)26(29)30/h1-12,19-22,29H/q-1/t19?,20?,21-,22-/m0/s1. The quantitative estimate of drug-likeness (QED) is 0.526. The smallest absolute Gasteiger partial charge is 0.238 e. The third kappa shape index (κ3) is 2.04. The highest BCUT2D eigenvalue weighted by molar-refractivity contribution is 6.24. The zero-order valence-electron chi connectivity index (χ0n) is 15.8. The summed E-state index contributed by atoms with van der Waals surface area (Å²) in [4.78, 5) is 28.4. The molecule has 0 radical (unpaired) electrons. The van der Waals surface area contributed by atoms with Crippen molar-refractivity contribution >= 4 is 23.2 Å². The molecule has 3 aromatic rings. The van der Waals surface area contributed by atoms with Crippen LogP contribution in [0.3, 0.4) is 0 Å². The average molecular weight is 397 g/mol. The Kier molecular flexibility index (Phi) is 3.48. The van der Waals surface area contributed by atoms with Crippen LogP contribution in [0.25, 0.3) is 0 Å². The summed E-state index contributed by atoms with van der Waals surface area (Å²) in [6.07, 6.45) is 0. The van der Waals surface area contributed by atoms with Gasteiger partial charge in [-0.1, -0.05) is 60.7 Å². The van der Waals surface area contributed by atoms with Gasteiger partial charge < -0.3 is 10.4 Å². The molecule has 4 aliphatic rings. The molecular weight excluding hydrogens is 380 g/mol. The number of hydrogen-bond acceptors (Lipinski definition) is 5. The van der Waals surface area contributed by atoms with E-state index < -0.39 is 11.8 Å². The maximum Gasteiger partial charge on any atom is 0.238 e. The summed E-state index contributed by atoms with van der Waals surface area (Å²) in [7, 11) is 0. The fourth-order valence-corrected chi connectivity index (χ4v) is 5.73. The number of anilines is 2. The van der Waals surface area contributed by atoms with E-state index in [2.05, 4.69) is 0 Å². The predicted octanol–water partition coefficient (Wildman–Crippen LogP) is 3.78. The molecule has 148 valence electrons. The number of rotatable bonds is 2. The Balaban J connectivity index is 1.57. The normalized spacial score (nSPS) is 25.7. The molecule has 7 rings (SSSR count). The first kappa shape index (κ1) is 17.4. The zero-order chi connectivity index (χ0) is 20.6. The van der Waals surface area contributed by atoms with Gasteiger partial charge in [0.05, 0.1) is 23.2 Å². The molecule has 0 saturated carbocycles. The van der Waals surface area contributed by atoms with Crippen LogP contribution in [0, 0.1) is 17.0 Å². The van der Waals surface area contributed by atoms with Gasteiger partial charge in [-0.2, -0.15) is 0 Å². The van der Waals surface area contributed by atoms with E-state index in [1.807, 2.05) is 48.5 Å².